The van der Waals surface area contributed by atoms with Gasteiger partial charge in [0.25, 0.3) is 0 Å². The number of ketones is 2. The molecular weight excluding hydrogens is 328 g/mol. The third kappa shape index (κ3) is 9.33. The number of carboxylic acids is 2. The molecule has 0 atom stereocenters. The van der Waals surface area contributed by atoms with Crippen molar-refractivity contribution in [1.82, 2.24) is 0 Å². The normalized spacial score (nSPS) is 8.14. The van der Waals surface area contributed by atoms with Gasteiger partial charge >= 0.3 is 11.9 Å². The van der Waals surface area contributed by atoms with Gasteiger partial charge in [-0.25, -0.2) is 9.59 Å². The third-order valence-electron chi connectivity index (χ3n) is 0.720. The Labute approximate surface area is 95.5 Å². The molecule has 0 aromatic carbocycles. The lowest BCUT2D eigenvalue weighted by Gasteiger charge is -1.79. The molecule has 0 aliphatic heterocycles. The predicted molar refractivity (Wildman–Crippen MR) is 52.9 cm³/mol. The summed E-state index contributed by atoms with van der Waals surface area (Å²) >= 11 is 5.37. The lowest BCUT2D eigenvalue weighted by atomic mass is 10.5. The van der Waals surface area contributed by atoms with E-state index >= 15 is 0 Å². The molecule has 0 bridgehead atoms. The summed E-state index contributed by atoms with van der Waals surface area (Å²) < 4.78 is 0. The largest absolute Gasteiger partial charge is 0.475 e. The molecule has 2 N–H and O–H groups in total. The van der Waals surface area contributed by atoms with Crippen molar-refractivity contribution >= 4 is 55.4 Å². The fourth-order valence-corrected chi connectivity index (χ4v) is 0.594. The first-order valence-electron chi connectivity index (χ1n) is 3.01. The molecule has 6 nitrogen and oxygen atoms in total. The van der Waals surface area contributed by atoms with Gasteiger partial charge in [-0.1, -0.05) is 31.9 Å². The van der Waals surface area contributed by atoms with Crippen LogP contribution in [0.25, 0.3) is 0 Å². The molecule has 0 amide bonds. The molecule has 0 radical (unpaired) electrons. The number of carbonyl (C=O) groups is 4. The van der Waals surface area contributed by atoms with Gasteiger partial charge in [0.2, 0.25) is 11.6 Å². The molecule has 80 valence electrons. The number of halogens is 2. The van der Waals surface area contributed by atoms with Crippen LogP contribution in [0, 0.1) is 0 Å². The SMILES string of the molecule is O=C(O)C(=O)CBr.O=C(O)C(=O)CBr. The molecule has 0 aliphatic carbocycles. The van der Waals surface area contributed by atoms with Crippen molar-refractivity contribution in [3.63, 3.8) is 0 Å². The molecule has 14 heavy (non-hydrogen) atoms. The second-order valence-corrected chi connectivity index (χ2v) is 2.85. The minimum Gasteiger partial charge on any atom is -0.475 e. The highest BCUT2D eigenvalue weighted by atomic mass is 79.9. The van der Waals surface area contributed by atoms with Crippen LogP contribution in [0.1, 0.15) is 0 Å². The zero-order valence-corrected chi connectivity index (χ0v) is 9.87. The van der Waals surface area contributed by atoms with Gasteiger partial charge in [0, 0.05) is 0 Å². The summed E-state index contributed by atoms with van der Waals surface area (Å²) in [5.41, 5.74) is 0. The topological polar surface area (TPSA) is 109 Å². The maximum atomic E-state index is 9.87. The van der Waals surface area contributed by atoms with E-state index in [9.17, 15) is 19.2 Å². The average molecular weight is 334 g/mol. The Morgan fingerprint density at radius 2 is 1.00 bits per heavy atom. The van der Waals surface area contributed by atoms with Crippen LogP contribution in [-0.4, -0.2) is 44.4 Å². The third-order valence-corrected chi connectivity index (χ3v) is 1.74. The molecule has 0 saturated heterocycles. The number of hydrogen-bond acceptors (Lipinski definition) is 4. The Hall–Kier alpha value is -0.760. The van der Waals surface area contributed by atoms with Gasteiger partial charge < -0.3 is 10.2 Å². The fraction of sp³-hybridized carbons (Fsp3) is 0.333. The van der Waals surface area contributed by atoms with Gasteiger partial charge in [-0.15, -0.1) is 0 Å². The van der Waals surface area contributed by atoms with Crippen LogP contribution in [0.15, 0.2) is 0 Å². The Morgan fingerprint density at radius 3 is 1.00 bits per heavy atom. The molecule has 0 aromatic heterocycles. The summed E-state index contributed by atoms with van der Waals surface area (Å²) in [4.78, 5) is 38.8. The highest BCUT2D eigenvalue weighted by Crippen LogP contribution is 1.80. The van der Waals surface area contributed by atoms with E-state index in [2.05, 4.69) is 31.9 Å². The molecule has 0 aliphatic rings. The van der Waals surface area contributed by atoms with E-state index in [-0.39, 0.29) is 10.7 Å². The summed E-state index contributed by atoms with van der Waals surface area (Å²) in [5.74, 6) is -4.42. The molecule has 0 saturated carbocycles. The summed E-state index contributed by atoms with van der Waals surface area (Å²) in [7, 11) is 0. The average Bonchev–Trinajstić information content (AvgIpc) is 2.15. The number of hydrogen-bond donors (Lipinski definition) is 2. The van der Waals surface area contributed by atoms with Crippen LogP contribution in [0.2, 0.25) is 0 Å². The lowest BCUT2D eigenvalue weighted by Crippen LogP contribution is -2.12. The van der Waals surface area contributed by atoms with Gasteiger partial charge in [-0.05, 0) is 0 Å². The number of rotatable bonds is 4. The molecule has 8 heteroatoms. The maximum absolute atomic E-state index is 9.87. The maximum Gasteiger partial charge on any atom is 0.373 e. The van der Waals surface area contributed by atoms with Gasteiger partial charge in [0.05, 0.1) is 10.7 Å². The fourth-order valence-electron chi connectivity index (χ4n) is 0.114. The van der Waals surface area contributed by atoms with E-state index in [0.717, 1.165) is 0 Å². The minimum absolute atomic E-state index is 0.109. The number of carboxylic acid groups (broad SMARTS) is 2. The van der Waals surface area contributed by atoms with Crippen LogP contribution < -0.4 is 0 Å². The Kier molecular flexibility index (Phi) is 9.89. The highest BCUT2D eigenvalue weighted by molar-refractivity contribution is 9.09. The van der Waals surface area contributed by atoms with E-state index in [0.29, 0.717) is 0 Å². The first-order chi connectivity index (χ1) is 6.36. The van der Waals surface area contributed by atoms with Crippen LogP contribution >= 0.6 is 31.9 Å². The van der Waals surface area contributed by atoms with Crippen molar-refractivity contribution in [2.24, 2.45) is 0 Å². The molecular formula is C6H6Br2O6. The first kappa shape index (κ1) is 15.7. The number of alkyl halides is 2. The molecule has 0 spiro atoms. The van der Waals surface area contributed by atoms with Crippen LogP contribution in [0.4, 0.5) is 0 Å². The highest BCUT2D eigenvalue weighted by Gasteiger charge is 2.06. The van der Waals surface area contributed by atoms with Crippen molar-refractivity contribution in [2.45, 2.75) is 0 Å². The molecule has 0 aromatic rings. The van der Waals surface area contributed by atoms with Gasteiger partial charge in [-0.2, -0.15) is 0 Å². The zero-order valence-electron chi connectivity index (χ0n) is 6.70. The Balaban J connectivity index is 0. The van der Waals surface area contributed by atoms with Crippen molar-refractivity contribution in [3.05, 3.63) is 0 Å². The zero-order chi connectivity index (χ0) is 11.7. The Bertz CT molecular complexity index is 223. The van der Waals surface area contributed by atoms with Crippen molar-refractivity contribution in [1.29, 1.82) is 0 Å². The lowest BCUT2D eigenvalue weighted by molar-refractivity contribution is -0.147. The number of carbonyl (C=O) groups excluding carboxylic acids is 2. The smallest absolute Gasteiger partial charge is 0.373 e. The molecule has 0 unspecified atom stereocenters. The molecule has 0 rings (SSSR count). The van der Waals surface area contributed by atoms with Crippen molar-refractivity contribution in [2.75, 3.05) is 10.7 Å². The Morgan fingerprint density at radius 1 is 0.786 bits per heavy atom. The second-order valence-electron chi connectivity index (χ2n) is 1.72. The van der Waals surface area contributed by atoms with E-state index in [1.807, 2.05) is 0 Å². The number of Topliss-reactive ketones (excluding diaryl/α,β-unsaturated/α-hetero) is 2. The van der Waals surface area contributed by atoms with Crippen molar-refractivity contribution < 1.29 is 29.4 Å². The summed E-state index contributed by atoms with van der Waals surface area (Å²) in [6.45, 7) is 0. The minimum atomic E-state index is -1.39. The van der Waals surface area contributed by atoms with Crippen LogP contribution in [0.5, 0.6) is 0 Å². The molecule has 0 fully saturated rings. The second kappa shape index (κ2) is 8.82. The van der Waals surface area contributed by atoms with E-state index in [1.165, 1.54) is 0 Å². The predicted octanol–water partition coefficient (Wildman–Crippen LogP) is 0.0700. The van der Waals surface area contributed by atoms with Gasteiger partial charge in [0.1, 0.15) is 0 Å². The summed E-state index contributed by atoms with van der Waals surface area (Å²) in [5, 5.41) is 15.4. The van der Waals surface area contributed by atoms with Gasteiger partial charge in [0.15, 0.2) is 0 Å². The number of aliphatic carboxylic acids is 2. The van der Waals surface area contributed by atoms with Gasteiger partial charge in [-0.3, -0.25) is 9.59 Å². The van der Waals surface area contributed by atoms with E-state index in [4.69, 9.17) is 10.2 Å². The van der Waals surface area contributed by atoms with Crippen LogP contribution in [0.3, 0.4) is 0 Å². The van der Waals surface area contributed by atoms with E-state index in [1.54, 1.807) is 0 Å². The quantitative estimate of drug-likeness (QED) is 0.556. The summed E-state index contributed by atoms with van der Waals surface area (Å²) in [6.07, 6.45) is 0. The van der Waals surface area contributed by atoms with E-state index < -0.39 is 23.5 Å². The monoisotopic (exact) mass is 332 g/mol. The standard InChI is InChI=1S/2C3H3BrO3/c2*4-1-2(5)3(6)7/h2*1H2,(H,6,7). The first-order valence-corrected chi connectivity index (χ1v) is 5.25. The van der Waals surface area contributed by atoms with Crippen molar-refractivity contribution in [3.8, 4) is 0 Å². The summed E-state index contributed by atoms with van der Waals surface area (Å²) in [6, 6.07) is 0. The van der Waals surface area contributed by atoms with Crippen LogP contribution in [-0.2, 0) is 19.2 Å². The molecule has 0 heterocycles.